The minimum atomic E-state index is -0.591. The first-order valence-electron chi connectivity index (χ1n) is 7.46. The van der Waals surface area contributed by atoms with Crippen molar-refractivity contribution in [2.75, 3.05) is 13.1 Å². The second kappa shape index (κ2) is 5.35. The average Bonchev–Trinajstić information content (AvgIpc) is 2.86. The number of imidazole rings is 1. The van der Waals surface area contributed by atoms with Crippen LogP contribution in [0.1, 0.15) is 37.0 Å². The molecule has 3 rings (SSSR count). The van der Waals surface area contributed by atoms with Crippen LogP contribution in [-0.4, -0.2) is 45.1 Å². The number of halogens is 1. The molecule has 1 aromatic carbocycles. The third-order valence-corrected chi connectivity index (χ3v) is 4.19. The molecule has 5 nitrogen and oxygen atoms in total. The number of rotatable bonds is 1. The Kier molecular flexibility index (Phi) is 3.64. The number of hydrogen-bond acceptors (Lipinski definition) is 3. The fraction of sp³-hybridized carbons (Fsp3) is 0.500. The summed E-state index contributed by atoms with van der Waals surface area (Å²) in [5.41, 5.74) is 0.589. The number of H-pyrrole nitrogens is 1. The first kappa shape index (κ1) is 15.0. The number of likely N-dealkylation sites (tertiary alicyclic amines) is 1. The summed E-state index contributed by atoms with van der Waals surface area (Å²) in [5, 5.41) is 9.94. The highest BCUT2D eigenvalue weighted by atomic mass is 19.1. The fourth-order valence-corrected chi connectivity index (χ4v) is 3.19. The molecule has 1 aliphatic heterocycles. The van der Waals surface area contributed by atoms with Crippen LogP contribution in [0.25, 0.3) is 11.0 Å². The molecule has 2 heterocycles. The van der Waals surface area contributed by atoms with E-state index in [9.17, 15) is 14.3 Å². The number of carbonyl (C=O) groups is 1. The van der Waals surface area contributed by atoms with Crippen molar-refractivity contribution in [3.8, 4) is 0 Å². The van der Waals surface area contributed by atoms with Gasteiger partial charge in [0.15, 0.2) is 5.82 Å². The molecular weight excluding hydrogens is 285 g/mol. The lowest BCUT2D eigenvalue weighted by atomic mass is 9.87. The number of aliphatic hydroxyl groups excluding tert-OH is 1. The Morgan fingerprint density at radius 1 is 1.50 bits per heavy atom. The van der Waals surface area contributed by atoms with Gasteiger partial charge in [-0.15, -0.1) is 0 Å². The van der Waals surface area contributed by atoms with Gasteiger partial charge >= 0.3 is 0 Å². The first-order valence-corrected chi connectivity index (χ1v) is 7.46. The second-order valence-corrected chi connectivity index (χ2v) is 6.76. The molecule has 1 saturated heterocycles. The van der Waals surface area contributed by atoms with E-state index in [4.69, 9.17) is 0 Å². The van der Waals surface area contributed by atoms with Gasteiger partial charge in [-0.05, 0) is 30.4 Å². The predicted molar refractivity (Wildman–Crippen MR) is 81.0 cm³/mol. The lowest BCUT2D eigenvalue weighted by Gasteiger charge is -2.29. The van der Waals surface area contributed by atoms with Crippen LogP contribution in [0.15, 0.2) is 18.5 Å². The van der Waals surface area contributed by atoms with E-state index in [1.807, 2.05) is 13.8 Å². The Morgan fingerprint density at radius 3 is 3.05 bits per heavy atom. The molecule has 1 unspecified atom stereocenters. The van der Waals surface area contributed by atoms with Gasteiger partial charge in [-0.3, -0.25) is 4.79 Å². The molecule has 2 aromatic rings. The van der Waals surface area contributed by atoms with Gasteiger partial charge in [0.1, 0.15) is 5.52 Å². The second-order valence-electron chi connectivity index (χ2n) is 6.76. The van der Waals surface area contributed by atoms with Crippen LogP contribution in [0, 0.1) is 11.2 Å². The highest BCUT2D eigenvalue weighted by Crippen LogP contribution is 2.29. The van der Waals surface area contributed by atoms with Gasteiger partial charge in [-0.1, -0.05) is 13.8 Å². The standard InChI is InChI=1S/C16H20FN3O2/c1-16(2)7-10(21)5-6-20(8-16)15(22)11-3-4-12-14(13(11)17)19-9-18-12/h3-4,9-10,21H,5-8H2,1-2H3,(H,18,19). The van der Waals surface area contributed by atoms with Gasteiger partial charge in [0.2, 0.25) is 0 Å². The predicted octanol–water partition coefficient (Wildman–Crippen LogP) is 2.33. The summed E-state index contributed by atoms with van der Waals surface area (Å²) >= 11 is 0. The lowest BCUT2D eigenvalue weighted by molar-refractivity contribution is 0.0700. The van der Waals surface area contributed by atoms with E-state index in [1.54, 1.807) is 11.0 Å². The smallest absolute Gasteiger partial charge is 0.256 e. The Balaban J connectivity index is 1.93. The molecule has 0 radical (unpaired) electrons. The Bertz CT molecular complexity index is 710. The first-order chi connectivity index (χ1) is 10.4. The highest BCUT2D eigenvalue weighted by Gasteiger charge is 2.32. The van der Waals surface area contributed by atoms with E-state index in [2.05, 4.69) is 9.97 Å². The number of hydrogen-bond donors (Lipinski definition) is 2. The third kappa shape index (κ3) is 2.70. The van der Waals surface area contributed by atoms with Crippen LogP contribution in [0.5, 0.6) is 0 Å². The summed E-state index contributed by atoms with van der Waals surface area (Å²) in [5.74, 6) is -0.934. The molecule has 6 heteroatoms. The monoisotopic (exact) mass is 305 g/mol. The molecule has 22 heavy (non-hydrogen) atoms. The van der Waals surface area contributed by atoms with Gasteiger partial charge in [0.05, 0.1) is 23.5 Å². The number of aliphatic hydroxyl groups is 1. The largest absolute Gasteiger partial charge is 0.393 e. The van der Waals surface area contributed by atoms with Crippen molar-refractivity contribution in [1.29, 1.82) is 0 Å². The number of fused-ring (bicyclic) bond motifs is 1. The van der Waals surface area contributed by atoms with Crippen molar-refractivity contribution in [3.05, 3.63) is 29.8 Å². The fourth-order valence-electron chi connectivity index (χ4n) is 3.19. The summed E-state index contributed by atoms with van der Waals surface area (Å²) < 4.78 is 14.5. The van der Waals surface area contributed by atoms with Crippen LogP contribution in [0.3, 0.4) is 0 Å². The normalized spacial score (nSPS) is 21.8. The van der Waals surface area contributed by atoms with Crippen LogP contribution >= 0.6 is 0 Å². The van der Waals surface area contributed by atoms with Crippen molar-refractivity contribution in [2.45, 2.75) is 32.8 Å². The summed E-state index contributed by atoms with van der Waals surface area (Å²) in [4.78, 5) is 21.1. The Hall–Kier alpha value is -1.95. The zero-order valence-electron chi connectivity index (χ0n) is 12.8. The van der Waals surface area contributed by atoms with Gasteiger partial charge in [-0.2, -0.15) is 0 Å². The molecule has 0 bridgehead atoms. The maximum Gasteiger partial charge on any atom is 0.256 e. The van der Waals surface area contributed by atoms with Gasteiger partial charge in [-0.25, -0.2) is 9.37 Å². The molecular formula is C16H20FN3O2. The Labute approximate surface area is 128 Å². The van der Waals surface area contributed by atoms with E-state index in [0.717, 1.165) is 0 Å². The van der Waals surface area contributed by atoms with Gasteiger partial charge in [0.25, 0.3) is 5.91 Å². The number of aromatic nitrogens is 2. The van der Waals surface area contributed by atoms with Crippen molar-refractivity contribution in [2.24, 2.45) is 5.41 Å². The van der Waals surface area contributed by atoms with E-state index in [1.165, 1.54) is 12.4 Å². The molecule has 1 atom stereocenters. The summed E-state index contributed by atoms with van der Waals surface area (Å²) in [6.07, 6.45) is 2.14. The Morgan fingerprint density at radius 2 is 2.27 bits per heavy atom. The van der Waals surface area contributed by atoms with Crippen molar-refractivity contribution in [3.63, 3.8) is 0 Å². The van der Waals surface area contributed by atoms with Crippen LogP contribution < -0.4 is 0 Å². The average molecular weight is 305 g/mol. The van der Waals surface area contributed by atoms with E-state index < -0.39 is 11.9 Å². The quantitative estimate of drug-likeness (QED) is 0.849. The van der Waals surface area contributed by atoms with Crippen LogP contribution in [0.4, 0.5) is 4.39 Å². The van der Waals surface area contributed by atoms with Crippen LogP contribution in [-0.2, 0) is 0 Å². The third-order valence-electron chi connectivity index (χ3n) is 4.19. The summed E-state index contributed by atoms with van der Waals surface area (Å²) in [6, 6.07) is 3.16. The minimum absolute atomic E-state index is 0.0341. The van der Waals surface area contributed by atoms with E-state index in [0.29, 0.717) is 31.4 Å². The number of benzene rings is 1. The molecule has 0 aliphatic carbocycles. The van der Waals surface area contributed by atoms with Crippen LogP contribution in [0.2, 0.25) is 0 Å². The molecule has 118 valence electrons. The molecule has 0 spiro atoms. The number of nitrogens with zero attached hydrogens (tertiary/aromatic N) is 2. The van der Waals surface area contributed by atoms with E-state index >= 15 is 0 Å². The SMILES string of the molecule is CC1(C)CC(O)CCN(C(=O)c2ccc3[nH]cnc3c2F)C1. The zero-order valence-corrected chi connectivity index (χ0v) is 12.8. The summed E-state index contributed by atoms with van der Waals surface area (Å²) in [6.45, 7) is 4.95. The molecule has 2 N–H and O–H groups in total. The number of carbonyl (C=O) groups excluding carboxylic acids is 1. The van der Waals surface area contributed by atoms with Crippen molar-refractivity contribution < 1.29 is 14.3 Å². The molecule has 1 aromatic heterocycles. The van der Waals surface area contributed by atoms with E-state index in [-0.39, 0.29) is 22.4 Å². The maximum absolute atomic E-state index is 14.5. The molecule has 1 aliphatic rings. The molecule has 0 saturated carbocycles. The van der Waals surface area contributed by atoms with Crippen molar-refractivity contribution >= 4 is 16.9 Å². The van der Waals surface area contributed by atoms with Gasteiger partial charge in [0, 0.05) is 13.1 Å². The summed E-state index contributed by atoms with van der Waals surface area (Å²) in [7, 11) is 0. The number of nitrogens with one attached hydrogen (secondary N) is 1. The van der Waals surface area contributed by atoms with Gasteiger partial charge < -0.3 is 15.0 Å². The zero-order chi connectivity index (χ0) is 15.9. The highest BCUT2D eigenvalue weighted by molar-refractivity contribution is 5.97. The lowest BCUT2D eigenvalue weighted by Crippen LogP contribution is -2.38. The van der Waals surface area contributed by atoms with Crippen molar-refractivity contribution in [1.82, 2.24) is 14.9 Å². The number of amides is 1. The minimum Gasteiger partial charge on any atom is -0.393 e. The topological polar surface area (TPSA) is 69.2 Å². The maximum atomic E-state index is 14.5. The molecule has 1 amide bonds. The number of aromatic amines is 1. The molecule has 1 fully saturated rings.